The summed E-state index contributed by atoms with van der Waals surface area (Å²) in [6, 6.07) is 14.9. The van der Waals surface area contributed by atoms with E-state index in [0.29, 0.717) is 23.7 Å². The fraction of sp³-hybridized carbons (Fsp3) is 0.290. The molecule has 208 valence electrons. The zero-order chi connectivity index (χ0) is 28.4. The number of carbonyl (C=O) groups is 1. The van der Waals surface area contributed by atoms with E-state index in [4.69, 9.17) is 13.9 Å². The van der Waals surface area contributed by atoms with E-state index in [1.54, 1.807) is 42.5 Å². The second-order valence-electron chi connectivity index (χ2n) is 9.62. The number of amides is 1. The predicted octanol–water partition coefficient (Wildman–Crippen LogP) is 7.53. The predicted molar refractivity (Wildman–Crippen MR) is 145 cm³/mol. The van der Waals surface area contributed by atoms with Gasteiger partial charge in [-0.2, -0.15) is 13.2 Å². The highest BCUT2D eigenvalue weighted by molar-refractivity contribution is 6.10. The largest absolute Gasteiger partial charge is 0.493 e. The Morgan fingerprint density at radius 3 is 2.48 bits per heavy atom. The molecule has 1 unspecified atom stereocenters. The lowest BCUT2D eigenvalue weighted by Crippen LogP contribution is -2.29. The van der Waals surface area contributed by atoms with Gasteiger partial charge in [-0.25, -0.2) is 0 Å². The van der Waals surface area contributed by atoms with Crippen LogP contribution in [0.15, 0.2) is 75.9 Å². The second-order valence-corrected chi connectivity index (χ2v) is 9.62. The Kier molecular flexibility index (Phi) is 7.56. The molecule has 0 bridgehead atoms. The Hall–Kier alpha value is -4.27. The fourth-order valence-corrected chi connectivity index (χ4v) is 5.02. The van der Waals surface area contributed by atoms with Gasteiger partial charge in [0.15, 0.2) is 16.9 Å². The van der Waals surface area contributed by atoms with E-state index < -0.39 is 29.1 Å². The van der Waals surface area contributed by atoms with E-state index in [1.165, 1.54) is 24.1 Å². The third-order valence-electron chi connectivity index (χ3n) is 6.99. The van der Waals surface area contributed by atoms with Crippen LogP contribution in [0.2, 0.25) is 0 Å². The zero-order valence-electron chi connectivity index (χ0n) is 22.1. The van der Waals surface area contributed by atoms with Gasteiger partial charge >= 0.3 is 6.18 Å². The van der Waals surface area contributed by atoms with Crippen LogP contribution >= 0.6 is 0 Å². The minimum absolute atomic E-state index is 0.0186. The molecule has 0 aliphatic carbocycles. The average molecular weight is 552 g/mol. The van der Waals surface area contributed by atoms with Gasteiger partial charge in [0.1, 0.15) is 5.58 Å². The van der Waals surface area contributed by atoms with Gasteiger partial charge in [0.05, 0.1) is 36.3 Å². The van der Waals surface area contributed by atoms with E-state index in [2.05, 4.69) is 6.92 Å². The summed E-state index contributed by atoms with van der Waals surface area (Å²) in [7, 11) is 1.48. The third kappa shape index (κ3) is 5.03. The molecule has 0 radical (unpaired) electrons. The average Bonchev–Trinajstić information content (AvgIpc) is 3.25. The monoisotopic (exact) mass is 551 g/mol. The van der Waals surface area contributed by atoms with Crippen molar-refractivity contribution in [3.63, 3.8) is 0 Å². The van der Waals surface area contributed by atoms with Crippen LogP contribution in [0.25, 0.3) is 11.0 Å². The molecule has 1 aromatic heterocycles. The standard InChI is InChI=1S/C31H28F3NO5/c1-3-4-5-8-16-39-24-15-14-19(17-25(24)38-2)27-26-28(36)22-12-6-7-13-23(22)40-29(26)30(37)35(27)21-11-9-10-20(18-21)31(32,33)34/h6-7,9-15,17-18,27H,3-5,8,16H2,1-2H3. The first-order valence-corrected chi connectivity index (χ1v) is 13.1. The number of alkyl halides is 3. The molecular formula is C31H28F3NO5. The van der Waals surface area contributed by atoms with Crippen molar-refractivity contribution in [2.24, 2.45) is 0 Å². The maximum atomic E-state index is 13.7. The molecule has 0 saturated heterocycles. The zero-order valence-corrected chi connectivity index (χ0v) is 22.1. The van der Waals surface area contributed by atoms with Gasteiger partial charge in [0, 0.05) is 5.69 Å². The highest BCUT2D eigenvalue weighted by Crippen LogP contribution is 2.44. The molecule has 2 heterocycles. The molecule has 0 N–H and O–H groups in total. The van der Waals surface area contributed by atoms with Crippen molar-refractivity contribution in [1.82, 2.24) is 0 Å². The quantitative estimate of drug-likeness (QED) is 0.201. The SMILES string of the molecule is CCCCCCOc1ccc(C2c3c(oc4ccccc4c3=O)C(=O)N2c2cccc(C(F)(F)F)c2)cc1OC. The lowest BCUT2D eigenvalue weighted by Gasteiger charge is -2.26. The molecule has 1 aliphatic rings. The Bertz CT molecular complexity index is 1610. The molecule has 0 fully saturated rings. The van der Waals surface area contributed by atoms with Gasteiger partial charge in [0.25, 0.3) is 5.91 Å². The van der Waals surface area contributed by atoms with Crippen molar-refractivity contribution in [2.75, 3.05) is 18.6 Å². The minimum atomic E-state index is -4.62. The van der Waals surface area contributed by atoms with Gasteiger partial charge in [0.2, 0.25) is 5.76 Å². The van der Waals surface area contributed by atoms with Crippen LogP contribution in [0.3, 0.4) is 0 Å². The normalized spacial score (nSPS) is 15.0. The van der Waals surface area contributed by atoms with Crippen LogP contribution in [-0.4, -0.2) is 19.6 Å². The first kappa shape index (κ1) is 27.3. The molecule has 1 amide bonds. The lowest BCUT2D eigenvalue weighted by molar-refractivity contribution is -0.137. The van der Waals surface area contributed by atoms with Crippen molar-refractivity contribution in [1.29, 1.82) is 0 Å². The molecule has 3 aromatic carbocycles. The van der Waals surface area contributed by atoms with E-state index >= 15 is 0 Å². The van der Waals surface area contributed by atoms with Crippen molar-refractivity contribution in [3.8, 4) is 11.5 Å². The van der Waals surface area contributed by atoms with Crippen LogP contribution in [0, 0.1) is 0 Å². The van der Waals surface area contributed by atoms with E-state index in [-0.39, 0.29) is 28.0 Å². The summed E-state index contributed by atoms with van der Waals surface area (Å²) in [5.74, 6) is -0.0507. The van der Waals surface area contributed by atoms with Gasteiger partial charge in [-0.1, -0.05) is 50.5 Å². The second kappa shape index (κ2) is 11.1. The molecule has 0 saturated carbocycles. The molecule has 0 spiro atoms. The Labute approximate surface area is 228 Å². The summed E-state index contributed by atoms with van der Waals surface area (Å²) in [4.78, 5) is 28.6. The Balaban J connectivity index is 1.64. The summed E-state index contributed by atoms with van der Waals surface area (Å²) in [6.45, 7) is 2.62. The highest BCUT2D eigenvalue weighted by atomic mass is 19.4. The molecule has 4 aromatic rings. The Morgan fingerprint density at radius 2 is 1.73 bits per heavy atom. The summed E-state index contributed by atoms with van der Waals surface area (Å²) in [5.41, 5.74) is -0.636. The van der Waals surface area contributed by atoms with Crippen LogP contribution in [-0.2, 0) is 6.18 Å². The van der Waals surface area contributed by atoms with Crippen LogP contribution in [0.5, 0.6) is 11.5 Å². The number of anilines is 1. The number of carbonyl (C=O) groups excluding carboxylic acids is 1. The van der Waals surface area contributed by atoms with Crippen LogP contribution in [0.4, 0.5) is 18.9 Å². The summed E-state index contributed by atoms with van der Waals surface area (Å²) < 4.78 is 58.2. The van der Waals surface area contributed by atoms with Crippen LogP contribution in [0.1, 0.15) is 65.9 Å². The van der Waals surface area contributed by atoms with Crippen molar-refractivity contribution >= 4 is 22.6 Å². The smallest absolute Gasteiger partial charge is 0.416 e. The third-order valence-corrected chi connectivity index (χ3v) is 6.99. The number of unbranched alkanes of at least 4 members (excludes halogenated alkanes) is 3. The van der Waals surface area contributed by atoms with E-state index in [9.17, 15) is 22.8 Å². The maximum Gasteiger partial charge on any atom is 0.416 e. The Morgan fingerprint density at radius 1 is 0.925 bits per heavy atom. The van der Waals surface area contributed by atoms with Gasteiger partial charge in [-0.3, -0.25) is 14.5 Å². The lowest BCUT2D eigenvalue weighted by atomic mass is 9.97. The first-order valence-electron chi connectivity index (χ1n) is 13.1. The summed E-state index contributed by atoms with van der Waals surface area (Å²) in [6.07, 6.45) is -0.500. The molecule has 9 heteroatoms. The van der Waals surface area contributed by atoms with Gasteiger partial charge in [-0.05, 0) is 54.4 Å². The number of fused-ring (bicyclic) bond motifs is 2. The number of para-hydroxylation sites is 1. The van der Waals surface area contributed by atoms with E-state index in [0.717, 1.165) is 37.8 Å². The van der Waals surface area contributed by atoms with Crippen LogP contribution < -0.4 is 19.8 Å². The van der Waals surface area contributed by atoms with Crippen molar-refractivity contribution < 1.29 is 31.9 Å². The number of hydrogen-bond donors (Lipinski definition) is 0. The minimum Gasteiger partial charge on any atom is -0.493 e. The first-order chi connectivity index (χ1) is 19.2. The fourth-order valence-electron chi connectivity index (χ4n) is 5.02. The van der Waals surface area contributed by atoms with Gasteiger partial charge < -0.3 is 13.9 Å². The van der Waals surface area contributed by atoms with E-state index in [1.807, 2.05) is 0 Å². The molecule has 1 atom stereocenters. The summed E-state index contributed by atoms with van der Waals surface area (Å²) >= 11 is 0. The topological polar surface area (TPSA) is 69.0 Å². The molecule has 6 nitrogen and oxygen atoms in total. The van der Waals surface area contributed by atoms with Gasteiger partial charge in [-0.15, -0.1) is 0 Å². The summed E-state index contributed by atoms with van der Waals surface area (Å²) in [5, 5.41) is 0.268. The number of hydrogen-bond acceptors (Lipinski definition) is 5. The van der Waals surface area contributed by atoms with Crippen molar-refractivity contribution in [2.45, 2.75) is 44.8 Å². The molecule has 40 heavy (non-hydrogen) atoms. The molecule has 1 aliphatic heterocycles. The number of nitrogens with zero attached hydrogens (tertiary/aromatic N) is 1. The van der Waals surface area contributed by atoms with Crippen molar-refractivity contribution in [3.05, 3.63) is 99.4 Å². The molecule has 5 rings (SSSR count). The number of rotatable bonds is 9. The number of methoxy groups -OCH3 is 1. The molecular weight excluding hydrogens is 523 g/mol. The number of benzene rings is 3. The number of halogens is 3. The maximum absolute atomic E-state index is 13.7. The highest BCUT2D eigenvalue weighted by Gasteiger charge is 2.44. The number of ether oxygens (including phenoxy) is 2.